The Bertz CT molecular complexity index is 678. The fourth-order valence-electron chi connectivity index (χ4n) is 2.29. The van der Waals surface area contributed by atoms with Gasteiger partial charge < -0.3 is 4.57 Å². The van der Waals surface area contributed by atoms with Crippen LogP contribution in [0, 0.1) is 13.8 Å². The van der Waals surface area contributed by atoms with Crippen molar-refractivity contribution in [2.24, 2.45) is 0 Å². The number of nitrogens with zero attached hydrogens (tertiary/aromatic N) is 2. The summed E-state index contributed by atoms with van der Waals surface area (Å²) in [6.45, 7) is 5.13. The van der Waals surface area contributed by atoms with E-state index in [4.69, 9.17) is 0 Å². The molecule has 0 amide bonds. The molecule has 2 aromatic heterocycles. The number of fused-ring (bicyclic) bond motifs is 1. The number of aromatic nitrogens is 2. The molecule has 2 heterocycles. The van der Waals surface area contributed by atoms with E-state index in [1.165, 1.54) is 22.2 Å². The first-order chi connectivity index (χ1) is 8.74. The van der Waals surface area contributed by atoms with Crippen molar-refractivity contribution in [3.8, 4) is 0 Å². The molecule has 3 rings (SSSR count). The number of aryl methyl sites for hydroxylation is 2. The maximum atomic E-state index is 4.48. The highest BCUT2D eigenvalue weighted by Gasteiger charge is 2.06. The fraction of sp³-hybridized carbons (Fsp3) is 0.188. The smallest absolute Gasteiger partial charge is 0.140 e. The average Bonchev–Trinajstić information content (AvgIpc) is 2.69. The minimum absolute atomic E-state index is 0.882. The summed E-state index contributed by atoms with van der Waals surface area (Å²) < 4.78 is 2.26. The van der Waals surface area contributed by atoms with Crippen molar-refractivity contribution in [2.75, 3.05) is 0 Å². The van der Waals surface area contributed by atoms with Crippen LogP contribution >= 0.6 is 0 Å². The molecular weight excluding hydrogens is 220 g/mol. The molecule has 0 saturated carbocycles. The Balaban J connectivity index is 2.04. The lowest BCUT2D eigenvalue weighted by Gasteiger charge is -2.08. The molecule has 0 fully saturated rings. The second-order valence-electron chi connectivity index (χ2n) is 4.77. The summed E-state index contributed by atoms with van der Waals surface area (Å²) >= 11 is 0. The minimum Gasteiger partial charge on any atom is -0.326 e. The summed E-state index contributed by atoms with van der Waals surface area (Å²) in [6, 6.07) is 15.0. The molecule has 0 spiro atoms. The van der Waals surface area contributed by atoms with Gasteiger partial charge in [-0.15, -0.1) is 0 Å². The summed E-state index contributed by atoms with van der Waals surface area (Å²) in [5.41, 5.74) is 4.93. The standard InChI is InChI=1S/C16H16N2/c1-12-5-7-14(8-6-12)11-18-13(2)10-15-4-3-9-17-16(15)18/h3-10H,11H2,1-2H3. The molecule has 0 aliphatic rings. The van der Waals surface area contributed by atoms with Crippen molar-refractivity contribution >= 4 is 11.0 Å². The summed E-state index contributed by atoms with van der Waals surface area (Å²) in [4.78, 5) is 4.48. The van der Waals surface area contributed by atoms with Crippen molar-refractivity contribution in [2.45, 2.75) is 20.4 Å². The Morgan fingerprint density at radius 2 is 1.83 bits per heavy atom. The van der Waals surface area contributed by atoms with Crippen LogP contribution in [0.2, 0.25) is 0 Å². The molecule has 0 aliphatic carbocycles. The molecule has 2 heteroatoms. The van der Waals surface area contributed by atoms with Gasteiger partial charge in [0.15, 0.2) is 0 Å². The second kappa shape index (κ2) is 4.30. The maximum absolute atomic E-state index is 4.48. The topological polar surface area (TPSA) is 17.8 Å². The molecule has 1 aromatic carbocycles. The molecule has 0 radical (unpaired) electrons. The van der Waals surface area contributed by atoms with Crippen molar-refractivity contribution in [3.05, 3.63) is 65.5 Å². The van der Waals surface area contributed by atoms with E-state index in [1.54, 1.807) is 0 Å². The summed E-state index contributed by atoms with van der Waals surface area (Å²) in [5, 5.41) is 1.21. The lowest BCUT2D eigenvalue weighted by molar-refractivity contribution is 0.794. The van der Waals surface area contributed by atoms with Crippen LogP contribution in [0.15, 0.2) is 48.7 Å². The number of pyridine rings is 1. The van der Waals surface area contributed by atoms with E-state index in [2.05, 4.69) is 59.8 Å². The lowest BCUT2D eigenvalue weighted by atomic mass is 10.1. The lowest BCUT2D eigenvalue weighted by Crippen LogP contribution is -2.02. The van der Waals surface area contributed by atoms with E-state index >= 15 is 0 Å². The number of benzene rings is 1. The zero-order valence-corrected chi connectivity index (χ0v) is 10.7. The Labute approximate surface area is 107 Å². The largest absolute Gasteiger partial charge is 0.326 e. The Morgan fingerprint density at radius 1 is 1.06 bits per heavy atom. The first-order valence-corrected chi connectivity index (χ1v) is 6.20. The van der Waals surface area contributed by atoms with Crippen molar-refractivity contribution in [1.29, 1.82) is 0 Å². The molecular formula is C16H16N2. The summed E-state index contributed by atoms with van der Waals surface area (Å²) in [7, 11) is 0. The molecule has 0 aliphatic heterocycles. The zero-order valence-electron chi connectivity index (χ0n) is 10.7. The molecule has 0 saturated heterocycles. The van der Waals surface area contributed by atoms with E-state index in [0.717, 1.165) is 12.2 Å². The Kier molecular flexibility index (Phi) is 2.63. The average molecular weight is 236 g/mol. The maximum Gasteiger partial charge on any atom is 0.140 e. The monoisotopic (exact) mass is 236 g/mol. The molecule has 0 atom stereocenters. The molecule has 18 heavy (non-hydrogen) atoms. The molecule has 0 N–H and O–H groups in total. The van der Waals surface area contributed by atoms with Crippen LogP contribution in [0.5, 0.6) is 0 Å². The third-order valence-electron chi connectivity index (χ3n) is 3.32. The first kappa shape index (κ1) is 11.0. The van der Waals surface area contributed by atoms with Gasteiger partial charge in [0.25, 0.3) is 0 Å². The van der Waals surface area contributed by atoms with E-state index in [1.807, 2.05) is 12.3 Å². The number of hydrogen-bond donors (Lipinski definition) is 0. The summed E-state index contributed by atoms with van der Waals surface area (Å²) in [6.07, 6.45) is 1.85. The highest BCUT2D eigenvalue weighted by molar-refractivity contribution is 5.77. The van der Waals surface area contributed by atoms with Gasteiger partial charge in [-0.25, -0.2) is 4.98 Å². The molecule has 90 valence electrons. The van der Waals surface area contributed by atoms with Gasteiger partial charge in [0.2, 0.25) is 0 Å². The molecule has 2 nitrogen and oxygen atoms in total. The number of rotatable bonds is 2. The Hall–Kier alpha value is -2.09. The predicted octanol–water partition coefficient (Wildman–Crippen LogP) is 3.70. The van der Waals surface area contributed by atoms with Crippen LogP contribution in [0.1, 0.15) is 16.8 Å². The van der Waals surface area contributed by atoms with E-state index in [9.17, 15) is 0 Å². The van der Waals surface area contributed by atoms with Gasteiger partial charge in [-0.05, 0) is 37.6 Å². The zero-order chi connectivity index (χ0) is 12.5. The quantitative estimate of drug-likeness (QED) is 0.663. The SMILES string of the molecule is Cc1ccc(Cn2c(C)cc3cccnc32)cc1. The van der Waals surface area contributed by atoms with E-state index in [0.29, 0.717) is 0 Å². The van der Waals surface area contributed by atoms with Crippen LogP contribution in [-0.4, -0.2) is 9.55 Å². The predicted molar refractivity (Wildman–Crippen MR) is 74.8 cm³/mol. The molecule has 0 unspecified atom stereocenters. The van der Waals surface area contributed by atoms with Crippen LogP contribution in [0.3, 0.4) is 0 Å². The van der Waals surface area contributed by atoms with Crippen molar-refractivity contribution < 1.29 is 0 Å². The van der Waals surface area contributed by atoms with Gasteiger partial charge in [-0.1, -0.05) is 29.8 Å². The third-order valence-corrected chi connectivity index (χ3v) is 3.32. The van der Waals surface area contributed by atoms with Crippen LogP contribution in [0.25, 0.3) is 11.0 Å². The highest BCUT2D eigenvalue weighted by atomic mass is 15.0. The van der Waals surface area contributed by atoms with E-state index in [-0.39, 0.29) is 0 Å². The Morgan fingerprint density at radius 3 is 2.61 bits per heavy atom. The van der Waals surface area contributed by atoms with Crippen LogP contribution in [-0.2, 0) is 6.54 Å². The number of hydrogen-bond acceptors (Lipinski definition) is 1. The van der Waals surface area contributed by atoms with Gasteiger partial charge in [-0.3, -0.25) is 0 Å². The van der Waals surface area contributed by atoms with Gasteiger partial charge in [-0.2, -0.15) is 0 Å². The van der Waals surface area contributed by atoms with Gasteiger partial charge in [0.05, 0.1) is 0 Å². The molecule has 0 bridgehead atoms. The second-order valence-corrected chi connectivity index (χ2v) is 4.77. The highest BCUT2D eigenvalue weighted by Crippen LogP contribution is 2.18. The normalized spacial score (nSPS) is 11.0. The van der Waals surface area contributed by atoms with Crippen LogP contribution < -0.4 is 0 Å². The first-order valence-electron chi connectivity index (χ1n) is 6.20. The van der Waals surface area contributed by atoms with E-state index < -0.39 is 0 Å². The minimum atomic E-state index is 0.882. The van der Waals surface area contributed by atoms with Crippen molar-refractivity contribution in [1.82, 2.24) is 9.55 Å². The van der Waals surface area contributed by atoms with Gasteiger partial charge in [0.1, 0.15) is 5.65 Å². The van der Waals surface area contributed by atoms with Crippen molar-refractivity contribution in [3.63, 3.8) is 0 Å². The van der Waals surface area contributed by atoms with Gasteiger partial charge >= 0.3 is 0 Å². The van der Waals surface area contributed by atoms with Crippen LogP contribution in [0.4, 0.5) is 0 Å². The van der Waals surface area contributed by atoms with Gasteiger partial charge in [0, 0.05) is 23.8 Å². The molecule has 3 aromatic rings. The summed E-state index contributed by atoms with van der Waals surface area (Å²) in [5.74, 6) is 0. The fourth-order valence-corrected chi connectivity index (χ4v) is 2.29. The third kappa shape index (κ3) is 1.90.